The van der Waals surface area contributed by atoms with Crippen molar-refractivity contribution in [2.45, 2.75) is 78.1 Å². The van der Waals surface area contributed by atoms with Gasteiger partial charge in [0.1, 0.15) is 0 Å². The Kier molecular flexibility index (Phi) is 6.73. The van der Waals surface area contributed by atoms with Crippen LogP contribution >= 0.6 is 0 Å². The molecular weight excluding hydrogens is 300 g/mol. The number of aryl methyl sites for hydroxylation is 4. The highest BCUT2D eigenvalue weighted by Gasteiger charge is 2.18. The minimum absolute atomic E-state index is 0.865. The summed E-state index contributed by atoms with van der Waals surface area (Å²) in [7, 11) is 0. The summed E-state index contributed by atoms with van der Waals surface area (Å²) < 4.78 is 0. The molecule has 2 aromatic carbocycles. The predicted molar refractivity (Wildman–Crippen MR) is 109 cm³/mol. The van der Waals surface area contributed by atoms with Crippen molar-refractivity contribution in [2.75, 3.05) is 0 Å². The molecule has 0 saturated heterocycles. The summed E-state index contributed by atoms with van der Waals surface area (Å²) in [5.74, 6) is 0.865. The van der Waals surface area contributed by atoms with E-state index in [2.05, 4.69) is 56.3 Å². The van der Waals surface area contributed by atoms with Crippen LogP contribution in [0.5, 0.6) is 0 Å². The highest BCUT2D eigenvalue weighted by Crippen LogP contribution is 2.29. The number of hydrogen-bond donors (Lipinski definition) is 0. The van der Waals surface area contributed by atoms with Gasteiger partial charge in [-0.25, -0.2) is 0 Å². The molecule has 1 unspecified atom stereocenters. The van der Waals surface area contributed by atoms with Crippen LogP contribution < -0.4 is 0 Å². The van der Waals surface area contributed by atoms with E-state index in [-0.39, 0.29) is 0 Å². The van der Waals surface area contributed by atoms with Gasteiger partial charge in [-0.3, -0.25) is 0 Å². The molecule has 1 aliphatic carbocycles. The van der Waals surface area contributed by atoms with E-state index in [9.17, 15) is 0 Å². The third-order valence-corrected chi connectivity index (χ3v) is 5.94. The molecule has 2 aromatic rings. The van der Waals surface area contributed by atoms with Gasteiger partial charge in [-0.05, 0) is 85.1 Å². The van der Waals surface area contributed by atoms with E-state index >= 15 is 0 Å². The molecule has 3 rings (SSSR count). The number of rotatable bonds is 8. The second-order valence-electron chi connectivity index (χ2n) is 7.88. The summed E-state index contributed by atoms with van der Waals surface area (Å²) in [6.45, 7) is 4.51. The van der Waals surface area contributed by atoms with E-state index in [1.54, 1.807) is 16.7 Å². The summed E-state index contributed by atoms with van der Waals surface area (Å²) >= 11 is 0. The molecular formula is C25H34. The molecule has 0 saturated carbocycles. The standard InChI is InChI=1S/C25H34/c1-3-5-6-7-22-14-16-25-19-23(15-17-24(25)18-22)13-12-21-10-8-20(4-2)9-11-21/h8-11,14,16,18,23H,3-7,12-13,15,17,19H2,1-2H3. The summed E-state index contributed by atoms with van der Waals surface area (Å²) in [5, 5.41) is 0. The summed E-state index contributed by atoms with van der Waals surface area (Å²) in [5.41, 5.74) is 7.77. The van der Waals surface area contributed by atoms with Crippen LogP contribution in [0.25, 0.3) is 0 Å². The number of benzene rings is 2. The molecule has 25 heavy (non-hydrogen) atoms. The number of unbranched alkanes of at least 4 members (excludes halogenated alkanes) is 2. The monoisotopic (exact) mass is 334 g/mol. The molecule has 0 N–H and O–H groups in total. The fourth-order valence-electron chi connectivity index (χ4n) is 4.18. The molecule has 0 bridgehead atoms. The van der Waals surface area contributed by atoms with Crippen LogP contribution in [0.4, 0.5) is 0 Å². The van der Waals surface area contributed by atoms with Crippen LogP contribution in [0.3, 0.4) is 0 Å². The Hall–Kier alpha value is -1.56. The Balaban J connectivity index is 1.52. The van der Waals surface area contributed by atoms with Crippen molar-refractivity contribution in [3.63, 3.8) is 0 Å². The minimum atomic E-state index is 0.865. The average Bonchev–Trinajstić information content (AvgIpc) is 2.67. The van der Waals surface area contributed by atoms with Crippen LogP contribution in [0, 0.1) is 5.92 Å². The maximum absolute atomic E-state index is 2.50. The van der Waals surface area contributed by atoms with Crippen LogP contribution in [0.15, 0.2) is 42.5 Å². The zero-order chi connectivity index (χ0) is 17.5. The SMILES string of the molecule is CCCCCc1ccc2c(c1)CCC(CCc1ccc(CC)cc1)C2. The molecule has 1 aliphatic rings. The molecule has 0 fully saturated rings. The van der Waals surface area contributed by atoms with E-state index in [0.717, 1.165) is 12.3 Å². The summed E-state index contributed by atoms with van der Waals surface area (Å²) in [6.07, 6.45) is 12.9. The average molecular weight is 335 g/mol. The first kappa shape index (κ1) is 18.2. The molecule has 0 aromatic heterocycles. The zero-order valence-corrected chi connectivity index (χ0v) is 16.2. The highest BCUT2D eigenvalue weighted by molar-refractivity contribution is 5.34. The molecule has 0 aliphatic heterocycles. The lowest BCUT2D eigenvalue weighted by Gasteiger charge is -2.25. The highest BCUT2D eigenvalue weighted by atomic mass is 14.2. The Morgan fingerprint density at radius 3 is 2.32 bits per heavy atom. The first-order valence-electron chi connectivity index (χ1n) is 10.5. The van der Waals surface area contributed by atoms with Crippen molar-refractivity contribution in [1.29, 1.82) is 0 Å². The third-order valence-electron chi connectivity index (χ3n) is 5.94. The third kappa shape index (κ3) is 5.21. The van der Waals surface area contributed by atoms with E-state index in [1.165, 1.54) is 68.9 Å². The molecule has 0 heteroatoms. The lowest BCUT2D eigenvalue weighted by molar-refractivity contribution is 0.427. The Morgan fingerprint density at radius 2 is 1.56 bits per heavy atom. The van der Waals surface area contributed by atoms with Gasteiger partial charge in [-0.15, -0.1) is 0 Å². The normalized spacial score (nSPS) is 16.6. The van der Waals surface area contributed by atoms with Crippen molar-refractivity contribution in [3.8, 4) is 0 Å². The van der Waals surface area contributed by atoms with Crippen LogP contribution in [0.2, 0.25) is 0 Å². The van der Waals surface area contributed by atoms with Crippen molar-refractivity contribution in [1.82, 2.24) is 0 Å². The van der Waals surface area contributed by atoms with Gasteiger partial charge in [0.25, 0.3) is 0 Å². The van der Waals surface area contributed by atoms with Crippen molar-refractivity contribution >= 4 is 0 Å². The number of fused-ring (bicyclic) bond motifs is 1. The lowest BCUT2D eigenvalue weighted by Crippen LogP contribution is -2.15. The van der Waals surface area contributed by atoms with Crippen LogP contribution in [-0.4, -0.2) is 0 Å². The van der Waals surface area contributed by atoms with Crippen molar-refractivity contribution in [3.05, 3.63) is 70.3 Å². The maximum atomic E-state index is 2.50. The van der Waals surface area contributed by atoms with Gasteiger partial charge in [0.15, 0.2) is 0 Å². The Labute approximate surface area is 154 Å². The fourth-order valence-corrected chi connectivity index (χ4v) is 4.18. The fraction of sp³-hybridized carbons (Fsp3) is 0.520. The first-order valence-corrected chi connectivity index (χ1v) is 10.5. The largest absolute Gasteiger partial charge is 0.0654 e. The van der Waals surface area contributed by atoms with Gasteiger partial charge in [-0.1, -0.05) is 69.2 Å². The summed E-state index contributed by atoms with van der Waals surface area (Å²) in [4.78, 5) is 0. The van der Waals surface area contributed by atoms with Crippen molar-refractivity contribution in [2.24, 2.45) is 5.92 Å². The van der Waals surface area contributed by atoms with Gasteiger partial charge in [-0.2, -0.15) is 0 Å². The second-order valence-corrected chi connectivity index (χ2v) is 7.88. The van der Waals surface area contributed by atoms with E-state index in [4.69, 9.17) is 0 Å². The minimum Gasteiger partial charge on any atom is -0.0654 e. The van der Waals surface area contributed by atoms with Gasteiger partial charge in [0, 0.05) is 0 Å². The summed E-state index contributed by atoms with van der Waals surface area (Å²) in [6, 6.07) is 16.6. The van der Waals surface area contributed by atoms with Gasteiger partial charge in [0.2, 0.25) is 0 Å². The molecule has 0 heterocycles. The molecule has 0 amide bonds. The van der Waals surface area contributed by atoms with E-state index < -0.39 is 0 Å². The second kappa shape index (κ2) is 9.22. The van der Waals surface area contributed by atoms with Gasteiger partial charge >= 0.3 is 0 Å². The van der Waals surface area contributed by atoms with Crippen LogP contribution in [-0.2, 0) is 32.1 Å². The van der Waals surface area contributed by atoms with Gasteiger partial charge in [0.05, 0.1) is 0 Å². The molecule has 0 nitrogen and oxygen atoms in total. The molecule has 1 atom stereocenters. The maximum Gasteiger partial charge on any atom is -0.0247 e. The van der Waals surface area contributed by atoms with E-state index in [0.29, 0.717) is 0 Å². The first-order chi connectivity index (χ1) is 12.3. The quantitative estimate of drug-likeness (QED) is 0.470. The zero-order valence-electron chi connectivity index (χ0n) is 16.2. The smallest absolute Gasteiger partial charge is 0.0247 e. The number of hydrogen-bond acceptors (Lipinski definition) is 0. The topological polar surface area (TPSA) is 0 Å². The Bertz CT molecular complexity index is 650. The van der Waals surface area contributed by atoms with E-state index in [1.807, 2.05) is 0 Å². The lowest BCUT2D eigenvalue weighted by atomic mass is 9.80. The predicted octanol–water partition coefficient (Wildman–Crippen LogP) is 6.72. The molecule has 0 radical (unpaired) electrons. The molecule has 0 spiro atoms. The van der Waals surface area contributed by atoms with Crippen molar-refractivity contribution < 1.29 is 0 Å². The van der Waals surface area contributed by atoms with Gasteiger partial charge < -0.3 is 0 Å². The Morgan fingerprint density at radius 1 is 0.800 bits per heavy atom. The van der Waals surface area contributed by atoms with Crippen LogP contribution in [0.1, 0.15) is 73.8 Å². The molecule has 134 valence electrons.